The molecule has 0 amide bonds. The zero-order valence-corrected chi connectivity index (χ0v) is 63.8. The minimum atomic E-state index is -4.96. The van der Waals surface area contributed by atoms with Gasteiger partial charge in [-0.2, -0.15) is 0 Å². The van der Waals surface area contributed by atoms with Gasteiger partial charge in [0.05, 0.1) is 26.4 Å². The van der Waals surface area contributed by atoms with E-state index in [0.29, 0.717) is 25.7 Å². The van der Waals surface area contributed by atoms with Crippen LogP contribution in [0.4, 0.5) is 0 Å². The van der Waals surface area contributed by atoms with Crippen LogP contribution in [0, 0.1) is 11.8 Å². The van der Waals surface area contributed by atoms with Gasteiger partial charge in [0.2, 0.25) is 0 Å². The molecule has 0 aliphatic heterocycles. The summed E-state index contributed by atoms with van der Waals surface area (Å²) in [4.78, 5) is 72.8. The second-order valence-electron chi connectivity index (χ2n) is 28.1. The summed E-state index contributed by atoms with van der Waals surface area (Å²) in [6.45, 7) is 9.61. The molecule has 0 saturated carbocycles. The molecule has 0 aromatic carbocycles. The van der Waals surface area contributed by atoms with Gasteiger partial charge in [0.15, 0.2) is 12.2 Å². The first-order chi connectivity index (χ1) is 45.9. The summed E-state index contributed by atoms with van der Waals surface area (Å²) in [6.07, 6.45) is 55.4. The number of aliphatic hydroxyl groups excluding tert-OH is 1. The van der Waals surface area contributed by atoms with Crippen molar-refractivity contribution in [1.29, 1.82) is 0 Å². The Morgan fingerprint density at radius 3 is 0.800 bits per heavy atom. The summed E-state index contributed by atoms with van der Waals surface area (Å²) in [5, 5.41) is 10.6. The SMILES string of the molecule is CCCCCCCCCCCCCCCCCC(=O)OC[C@H](COP(=O)(O)OC[C@@H](O)COP(=O)(O)OC[C@@H](COC(=O)CCCCCCCCCCC)OC(=O)CCCCCCCCCCC(C)CC)OC(=O)CCCCCCCCCCCCCCCCCCC(C)C. The van der Waals surface area contributed by atoms with Gasteiger partial charge in [0, 0.05) is 25.7 Å². The fraction of sp³-hybridized carbons (Fsp3) is 0.947. The van der Waals surface area contributed by atoms with Gasteiger partial charge in [-0.3, -0.25) is 37.3 Å². The van der Waals surface area contributed by atoms with E-state index in [9.17, 15) is 43.2 Å². The Balaban J connectivity index is 5.22. The molecule has 6 atom stereocenters. The van der Waals surface area contributed by atoms with E-state index in [1.165, 1.54) is 212 Å². The topological polar surface area (TPSA) is 237 Å². The van der Waals surface area contributed by atoms with Crippen LogP contribution in [0.3, 0.4) is 0 Å². The van der Waals surface area contributed by atoms with Crippen molar-refractivity contribution in [3.63, 3.8) is 0 Å². The first-order valence-corrected chi connectivity index (χ1v) is 42.5. The number of hydrogen-bond donors (Lipinski definition) is 3. The highest BCUT2D eigenvalue weighted by Crippen LogP contribution is 2.45. The fourth-order valence-electron chi connectivity index (χ4n) is 11.6. The highest BCUT2D eigenvalue weighted by Gasteiger charge is 2.30. The lowest BCUT2D eigenvalue weighted by molar-refractivity contribution is -0.161. The minimum Gasteiger partial charge on any atom is -0.462 e. The van der Waals surface area contributed by atoms with E-state index in [2.05, 4.69) is 41.5 Å². The molecule has 0 bridgehead atoms. The second kappa shape index (κ2) is 67.9. The van der Waals surface area contributed by atoms with E-state index in [4.69, 9.17) is 37.0 Å². The molecular formula is C76H148O17P2. The minimum absolute atomic E-state index is 0.105. The van der Waals surface area contributed by atoms with Gasteiger partial charge in [-0.15, -0.1) is 0 Å². The van der Waals surface area contributed by atoms with Crippen molar-refractivity contribution in [1.82, 2.24) is 0 Å². The van der Waals surface area contributed by atoms with E-state index >= 15 is 0 Å². The molecule has 3 unspecified atom stereocenters. The number of aliphatic hydroxyl groups is 1. The van der Waals surface area contributed by atoms with E-state index in [-0.39, 0.29) is 25.7 Å². The number of ether oxygens (including phenoxy) is 4. The van der Waals surface area contributed by atoms with Crippen LogP contribution in [0.2, 0.25) is 0 Å². The van der Waals surface area contributed by atoms with Gasteiger partial charge in [0.1, 0.15) is 19.3 Å². The van der Waals surface area contributed by atoms with Crippen LogP contribution in [0.15, 0.2) is 0 Å². The molecule has 0 aromatic rings. The number of unbranched alkanes of at least 4 members (excludes halogenated alkanes) is 44. The molecule has 564 valence electrons. The third-order valence-electron chi connectivity index (χ3n) is 18.1. The largest absolute Gasteiger partial charge is 0.472 e. The Kier molecular flexibility index (Phi) is 66.5. The molecule has 19 heteroatoms. The number of rotatable bonds is 75. The molecule has 95 heavy (non-hydrogen) atoms. The van der Waals surface area contributed by atoms with Crippen molar-refractivity contribution in [3.8, 4) is 0 Å². The normalized spacial score (nSPS) is 14.3. The third-order valence-corrected chi connectivity index (χ3v) is 20.0. The lowest BCUT2D eigenvalue weighted by Gasteiger charge is -2.21. The Bertz CT molecular complexity index is 1840. The van der Waals surface area contributed by atoms with Gasteiger partial charge in [-0.1, -0.05) is 343 Å². The summed E-state index contributed by atoms with van der Waals surface area (Å²) < 4.78 is 68.5. The van der Waals surface area contributed by atoms with Crippen molar-refractivity contribution in [3.05, 3.63) is 0 Å². The monoisotopic (exact) mass is 1400 g/mol. The van der Waals surface area contributed by atoms with Crippen LogP contribution in [-0.2, 0) is 65.4 Å². The van der Waals surface area contributed by atoms with E-state index in [0.717, 1.165) is 102 Å². The molecule has 0 spiro atoms. The summed E-state index contributed by atoms with van der Waals surface area (Å²) in [7, 11) is -9.91. The molecule has 0 aromatic heterocycles. The fourth-order valence-corrected chi connectivity index (χ4v) is 13.2. The maximum atomic E-state index is 13.1. The number of phosphoric acid groups is 2. The van der Waals surface area contributed by atoms with E-state index < -0.39 is 97.5 Å². The van der Waals surface area contributed by atoms with Crippen LogP contribution in [0.5, 0.6) is 0 Å². The molecule has 0 radical (unpaired) electrons. The number of carbonyl (C=O) groups excluding carboxylic acids is 4. The number of esters is 4. The smallest absolute Gasteiger partial charge is 0.462 e. The van der Waals surface area contributed by atoms with E-state index in [1.54, 1.807) is 0 Å². The molecule has 0 aliphatic carbocycles. The summed E-state index contributed by atoms with van der Waals surface area (Å²) in [5.74, 6) is -0.538. The molecule has 3 N–H and O–H groups in total. The van der Waals surface area contributed by atoms with Gasteiger partial charge < -0.3 is 33.8 Å². The Hall–Kier alpha value is -1.94. The predicted octanol–water partition coefficient (Wildman–Crippen LogP) is 22.3. The predicted molar refractivity (Wildman–Crippen MR) is 386 cm³/mol. The zero-order valence-electron chi connectivity index (χ0n) is 62.0. The second-order valence-corrected chi connectivity index (χ2v) is 31.0. The quantitative estimate of drug-likeness (QED) is 0.0222. The van der Waals surface area contributed by atoms with Crippen molar-refractivity contribution >= 4 is 39.5 Å². The molecule has 0 saturated heterocycles. The van der Waals surface area contributed by atoms with Crippen molar-refractivity contribution in [2.75, 3.05) is 39.6 Å². The Morgan fingerprint density at radius 1 is 0.305 bits per heavy atom. The molecule has 0 aliphatic rings. The van der Waals surface area contributed by atoms with Crippen LogP contribution >= 0.6 is 15.6 Å². The third kappa shape index (κ3) is 69.0. The van der Waals surface area contributed by atoms with Crippen molar-refractivity contribution < 1.29 is 80.2 Å². The number of phosphoric ester groups is 2. The molecule has 0 rings (SSSR count). The van der Waals surface area contributed by atoms with Gasteiger partial charge in [-0.25, -0.2) is 9.13 Å². The van der Waals surface area contributed by atoms with Crippen LogP contribution < -0.4 is 0 Å². The summed E-state index contributed by atoms with van der Waals surface area (Å²) >= 11 is 0. The zero-order chi connectivity index (χ0) is 70.0. The van der Waals surface area contributed by atoms with Gasteiger partial charge in [-0.05, 0) is 37.5 Å². The van der Waals surface area contributed by atoms with Crippen molar-refractivity contribution in [2.45, 2.75) is 413 Å². The van der Waals surface area contributed by atoms with Gasteiger partial charge in [0.25, 0.3) is 0 Å². The molecule has 0 heterocycles. The maximum Gasteiger partial charge on any atom is 0.472 e. The standard InChI is InChI=1S/C76H148O17P2/c1-7-10-12-14-16-18-19-20-23-27-30-34-41-47-53-59-74(79)87-65-71(92-75(80)60-54-48-42-35-31-28-25-22-21-24-26-29-33-38-44-50-56-68(4)5)66-90-94(82,83)88-62-70(77)63-89-95(84,85)91-67-72(64-86-73(78)58-52-46-40-32-17-15-13-11-8-2)93-76(81)61-55-49-43-37-36-39-45-51-57-69(6)9-3/h68-72,77H,7-67H2,1-6H3,(H,82,83)(H,84,85)/t69?,70-,71-,72-/m1/s1. The lowest BCUT2D eigenvalue weighted by atomic mass is 9.99. The van der Waals surface area contributed by atoms with Crippen LogP contribution in [0.1, 0.15) is 395 Å². The highest BCUT2D eigenvalue weighted by atomic mass is 31.2. The van der Waals surface area contributed by atoms with Crippen molar-refractivity contribution in [2.24, 2.45) is 11.8 Å². The number of carbonyl (C=O) groups is 4. The maximum absolute atomic E-state index is 13.1. The molecule has 17 nitrogen and oxygen atoms in total. The average Bonchev–Trinajstić information content (AvgIpc) is 2.29. The first-order valence-electron chi connectivity index (χ1n) is 39.5. The Labute approximate surface area is 581 Å². The summed E-state index contributed by atoms with van der Waals surface area (Å²) in [5.41, 5.74) is 0. The van der Waals surface area contributed by atoms with Gasteiger partial charge >= 0.3 is 39.5 Å². The Morgan fingerprint density at radius 2 is 0.537 bits per heavy atom. The highest BCUT2D eigenvalue weighted by molar-refractivity contribution is 7.47. The first kappa shape index (κ1) is 93.1. The number of hydrogen-bond acceptors (Lipinski definition) is 15. The van der Waals surface area contributed by atoms with Crippen LogP contribution in [0.25, 0.3) is 0 Å². The molecular weight excluding hydrogens is 1250 g/mol. The average molecular weight is 1400 g/mol. The summed E-state index contributed by atoms with van der Waals surface area (Å²) in [6, 6.07) is 0. The van der Waals surface area contributed by atoms with E-state index in [1.807, 2.05) is 0 Å². The lowest BCUT2D eigenvalue weighted by Crippen LogP contribution is -2.30. The molecule has 0 fully saturated rings. The van der Waals surface area contributed by atoms with Crippen LogP contribution in [-0.4, -0.2) is 96.7 Å².